The predicted octanol–water partition coefficient (Wildman–Crippen LogP) is 3.87. The largest absolute Gasteiger partial charge is 0.368 e. The van der Waals surface area contributed by atoms with Gasteiger partial charge in [-0.15, -0.1) is 0 Å². The van der Waals surface area contributed by atoms with Gasteiger partial charge < -0.3 is 24.3 Å². The van der Waals surface area contributed by atoms with E-state index >= 15 is 0 Å². The van der Waals surface area contributed by atoms with Gasteiger partial charge in [0, 0.05) is 51.8 Å². The van der Waals surface area contributed by atoms with Crippen LogP contribution in [0.4, 0.5) is 11.8 Å². The summed E-state index contributed by atoms with van der Waals surface area (Å²) in [4.78, 5) is 30.9. The summed E-state index contributed by atoms with van der Waals surface area (Å²) in [6, 6.07) is 14.8. The van der Waals surface area contributed by atoms with E-state index in [-0.39, 0.29) is 24.5 Å². The van der Waals surface area contributed by atoms with Crippen LogP contribution >= 0.6 is 0 Å². The lowest BCUT2D eigenvalue weighted by molar-refractivity contribution is -0.128. The Morgan fingerprint density at radius 2 is 1.95 bits per heavy atom. The first-order chi connectivity index (χ1) is 19.8. The molecule has 0 radical (unpaired) electrons. The molecular formula is C32H39N7O2. The molecule has 9 heteroatoms. The van der Waals surface area contributed by atoms with E-state index in [1.54, 1.807) is 4.90 Å². The van der Waals surface area contributed by atoms with E-state index in [0.29, 0.717) is 38.6 Å². The fourth-order valence-electron chi connectivity index (χ4n) is 5.89. The zero-order chi connectivity index (χ0) is 29.1. The van der Waals surface area contributed by atoms with Crippen molar-refractivity contribution in [2.24, 2.45) is 0 Å². The molecule has 1 aromatic heterocycles. The van der Waals surface area contributed by atoms with E-state index in [1.807, 2.05) is 7.05 Å². The van der Waals surface area contributed by atoms with Gasteiger partial charge in [0.25, 0.3) is 0 Å². The van der Waals surface area contributed by atoms with Crippen LogP contribution < -0.4 is 9.80 Å². The van der Waals surface area contributed by atoms with Crippen LogP contribution in [0.25, 0.3) is 10.8 Å². The quantitative estimate of drug-likeness (QED) is 0.389. The first-order valence-corrected chi connectivity index (χ1v) is 14.2. The number of anilines is 2. The van der Waals surface area contributed by atoms with Crippen molar-refractivity contribution in [1.82, 2.24) is 19.8 Å². The summed E-state index contributed by atoms with van der Waals surface area (Å²) in [5.41, 5.74) is 4.39. The van der Waals surface area contributed by atoms with Crippen LogP contribution in [0.2, 0.25) is 0 Å². The van der Waals surface area contributed by atoms with Gasteiger partial charge in [-0.05, 0) is 49.0 Å². The van der Waals surface area contributed by atoms with Crippen molar-refractivity contribution in [3.63, 3.8) is 0 Å². The minimum absolute atomic E-state index is 0.122. The number of nitriles is 1. The third kappa shape index (κ3) is 5.90. The number of piperazine rings is 1. The minimum Gasteiger partial charge on any atom is -0.368 e. The molecule has 0 bridgehead atoms. The standard InChI is InChI=1S/C32H39N7O2/c1-6-29(40)39-18-17-38(20-24(39)13-14-33)31-26-21-41-28(25-12-8-11-23-10-7-9-22(2)30(23)25)19-27(26)34-32(35-31)37(5)16-15-36(3)4/h6-12,24,28H,1,13,15-21H2,2-5H3/t24-,28?/m0/s1. The van der Waals surface area contributed by atoms with Gasteiger partial charge in [0.15, 0.2) is 0 Å². The summed E-state index contributed by atoms with van der Waals surface area (Å²) in [5.74, 6) is 1.37. The second-order valence-electron chi connectivity index (χ2n) is 11.2. The molecule has 1 fully saturated rings. The number of hydrogen-bond acceptors (Lipinski definition) is 8. The number of carbonyl (C=O) groups excluding carboxylic acids is 1. The van der Waals surface area contributed by atoms with Gasteiger partial charge in [0.1, 0.15) is 5.82 Å². The number of aromatic nitrogens is 2. The Hall–Kier alpha value is -4.00. The molecular weight excluding hydrogens is 514 g/mol. The SMILES string of the molecule is C=CC(=O)N1CCN(c2nc(N(C)CCN(C)C)nc3c2COC(c2cccc4cccc(C)c24)C3)C[C@@H]1CC#N. The van der Waals surface area contributed by atoms with Crippen LogP contribution in [0.15, 0.2) is 49.1 Å². The molecule has 0 saturated carbocycles. The smallest absolute Gasteiger partial charge is 0.246 e. The van der Waals surface area contributed by atoms with Crippen LogP contribution in [0.3, 0.4) is 0 Å². The van der Waals surface area contributed by atoms with E-state index in [0.717, 1.165) is 30.2 Å². The van der Waals surface area contributed by atoms with Crippen LogP contribution in [-0.2, 0) is 22.6 Å². The Morgan fingerprint density at radius 1 is 1.17 bits per heavy atom. The molecule has 9 nitrogen and oxygen atoms in total. The second kappa shape index (κ2) is 12.2. The molecule has 2 aliphatic rings. The first-order valence-electron chi connectivity index (χ1n) is 14.2. The van der Waals surface area contributed by atoms with Gasteiger partial charge >= 0.3 is 0 Å². The average Bonchev–Trinajstić information content (AvgIpc) is 2.98. The van der Waals surface area contributed by atoms with Crippen molar-refractivity contribution >= 4 is 28.4 Å². The van der Waals surface area contributed by atoms with Crippen LogP contribution in [-0.4, -0.2) is 85.6 Å². The molecule has 1 unspecified atom stereocenters. The minimum atomic E-state index is -0.240. The molecule has 3 heterocycles. The van der Waals surface area contributed by atoms with Crippen molar-refractivity contribution in [2.75, 3.05) is 63.7 Å². The van der Waals surface area contributed by atoms with E-state index in [9.17, 15) is 10.1 Å². The topological polar surface area (TPSA) is 88.8 Å². The van der Waals surface area contributed by atoms with Crippen LogP contribution in [0, 0.1) is 18.3 Å². The summed E-state index contributed by atoms with van der Waals surface area (Å²) < 4.78 is 6.56. The summed E-state index contributed by atoms with van der Waals surface area (Å²) in [6.07, 6.45) is 2.10. The van der Waals surface area contributed by atoms with E-state index < -0.39 is 0 Å². The maximum absolute atomic E-state index is 12.5. The molecule has 3 aromatic rings. The van der Waals surface area contributed by atoms with Crippen molar-refractivity contribution < 1.29 is 9.53 Å². The first kappa shape index (κ1) is 28.5. The number of ether oxygens (including phenoxy) is 1. The lowest BCUT2D eigenvalue weighted by atomic mass is 9.92. The summed E-state index contributed by atoms with van der Waals surface area (Å²) >= 11 is 0. The summed E-state index contributed by atoms with van der Waals surface area (Å²) in [7, 11) is 6.14. The van der Waals surface area contributed by atoms with Crippen LogP contribution in [0.1, 0.15) is 34.9 Å². The summed E-state index contributed by atoms with van der Waals surface area (Å²) in [5, 5.41) is 12.0. The van der Waals surface area contributed by atoms with Crippen molar-refractivity contribution in [3.05, 3.63) is 71.4 Å². The van der Waals surface area contributed by atoms with Crippen molar-refractivity contribution in [1.29, 1.82) is 5.26 Å². The molecule has 2 aliphatic heterocycles. The van der Waals surface area contributed by atoms with Gasteiger partial charge in [-0.25, -0.2) is 4.98 Å². The Morgan fingerprint density at radius 3 is 2.68 bits per heavy atom. The molecule has 214 valence electrons. The number of aryl methyl sites for hydroxylation is 1. The Bertz CT molecular complexity index is 1480. The lowest BCUT2D eigenvalue weighted by Gasteiger charge is -2.42. The van der Waals surface area contributed by atoms with Gasteiger partial charge in [0.05, 0.1) is 36.9 Å². The third-order valence-electron chi connectivity index (χ3n) is 8.15. The second-order valence-corrected chi connectivity index (χ2v) is 11.2. The molecule has 0 spiro atoms. The highest BCUT2D eigenvalue weighted by atomic mass is 16.5. The number of carbonyl (C=O) groups is 1. The molecule has 2 aromatic carbocycles. The number of amides is 1. The average molecular weight is 554 g/mol. The zero-order valence-electron chi connectivity index (χ0n) is 24.5. The van der Waals surface area contributed by atoms with Gasteiger partial charge in [-0.2, -0.15) is 10.2 Å². The fourth-order valence-corrected chi connectivity index (χ4v) is 5.89. The summed E-state index contributed by atoms with van der Waals surface area (Å²) in [6.45, 7) is 9.48. The van der Waals surface area contributed by atoms with E-state index in [4.69, 9.17) is 14.7 Å². The Kier molecular flexibility index (Phi) is 8.52. The normalized spacial score (nSPS) is 18.7. The molecule has 1 saturated heterocycles. The number of likely N-dealkylation sites (N-methyl/N-ethyl adjacent to an activating group) is 2. The molecule has 2 atom stereocenters. The van der Waals surface area contributed by atoms with Crippen LogP contribution in [0.5, 0.6) is 0 Å². The number of fused-ring (bicyclic) bond motifs is 2. The number of hydrogen-bond donors (Lipinski definition) is 0. The highest BCUT2D eigenvalue weighted by molar-refractivity contribution is 5.89. The third-order valence-corrected chi connectivity index (χ3v) is 8.15. The van der Waals surface area contributed by atoms with Crippen molar-refractivity contribution in [3.8, 4) is 6.07 Å². The maximum atomic E-state index is 12.5. The predicted molar refractivity (Wildman–Crippen MR) is 162 cm³/mol. The van der Waals surface area contributed by atoms with Gasteiger partial charge in [-0.3, -0.25) is 4.79 Å². The van der Waals surface area contributed by atoms with E-state index in [1.165, 1.54) is 28.0 Å². The highest BCUT2D eigenvalue weighted by Crippen LogP contribution is 2.38. The molecule has 1 amide bonds. The highest BCUT2D eigenvalue weighted by Gasteiger charge is 2.34. The number of rotatable bonds is 8. The molecule has 0 N–H and O–H groups in total. The zero-order valence-corrected chi connectivity index (χ0v) is 24.5. The number of benzene rings is 2. The molecule has 41 heavy (non-hydrogen) atoms. The lowest BCUT2D eigenvalue weighted by Crippen LogP contribution is -2.55. The molecule has 0 aliphatic carbocycles. The van der Waals surface area contributed by atoms with Crippen molar-refractivity contribution in [2.45, 2.75) is 38.5 Å². The fraction of sp³-hybridized carbons (Fsp3) is 0.438. The van der Waals surface area contributed by atoms with Gasteiger partial charge in [-0.1, -0.05) is 43.0 Å². The monoisotopic (exact) mass is 553 g/mol. The van der Waals surface area contributed by atoms with Gasteiger partial charge in [0.2, 0.25) is 11.9 Å². The molecule has 5 rings (SSSR count). The Balaban J connectivity index is 1.52. The number of nitrogens with zero attached hydrogens (tertiary/aromatic N) is 7. The Labute approximate surface area is 242 Å². The maximum Gasteiger partial charge on any atom is 0.246 e. The van der Waals surface area contributed by atoms with E-state index in [2.05, 4.69) is 84.8 Å².